The van der Waals surface area contributed by atoms with Crippen molar-refractivity contribution in [2.75, 3.05) is 0 Å². The van der Waals surface area contributed by atoms with Crippen LogP contribution in [0.15, 0.2) is 33.4 Å². The molecule has 0 heterocycles. The van der Waals surface area contributed by atoms with Crippen LogP contribution in [0, 0.1) is 17.8 Å². The van der Waals surface area contributed by atoms with Crippen molar-refractivity contribution in [1.82, 2.24) is 0 Å². The van der Waals surface area contributed by atoms with Crippen molar-refractivity contribution in [2.24, 2.45) is 17.8 Å². The van der Waals surface area contributed by atoms with E-state index >= 15 is 0 Å². The molecule has 0 aliphatic heterocycles. The summed E-state index contributed by atoms with van der Waals surface area (Å²) in [5.41, 5.74) is 6.32. The summed E-state index contributed by atoms with van der Waals surface area (Å²) in [5, 5.41) is 9.59. The van der Waals surface area contributed by atoms with E-state index in [1.165, 1.54) is 36.0 Å². The van der Waals surface area contributed by atoms with Crippen LogP contribution in [0.1, 0.15) is 104 Å². The molecule has 4 nitrogen and oxygen atoms in total. The first-order valence-corrected chi connectivity index (χ1v) is 13.8. The van der Waals surface area contributed by atoms with Gasteiger partial charge in [0.2, 0.25) is 0 Å². The highest BCUT2D eigenvalue weighted by Gasteiger charge is 2.36. The van der Waals surface area contributed by atoms with E-state index in [9.17, 15) is 23.9 Å². The average molecular weight is 485 g/mol. The van der Waals surface area contributed by atoms with E-state index in [1.54, 1.807) is 0 Å². The van der Waals surface area contributed by atoms with E-state index in [2.05, 4.69) is 13.8 Å². The number of hydrogen-bond acceptors (Lipinski definition) is 4. The van der Waals surface area contributed by atoms with Crippen LogP contribution < -0.4 is 0 Å². The largest absolute Gasteiger partial charge is 0.388 e. The van der Waals surface area contributed by atoms with Gasteiger partial charge in [-0.3, -0.25) is 14.4 Å². The number of rotatable bonds is 0. The van der Waals surface area contributed by atoms with Crippen molar-refractivity contribution in [2.45, 2.75) is 117 Å². The molecule has 0 aromatic rings. The van der Waals surface area contributed by atoms with Gasteiger partial charge in [-0.05, 0) is 87.5 Å². The molecule has 0 saturated carbocycles. The Kier molecular flexibility index (Phi) is 8.25. The Bertz CT molecular complexity index is 930. The lowest BCUT2D eigenvalue weighted by Crippen LogP contribution is -2.19. The number of halogens is 1. The highest BCUT2D eigenvalue weighted by molar-refractivity contribution is 6.01. The van der Waals surface area contributed by atoms with Gasteiger partial charge in [-0.1, -0.05) is 37.5 Å². The monoisotopic (exact) mass is 484 g/mol. The minimum absolute atomic E-state index is 0.0599. The first-order chi connectivity index (χ1) is 16.7. The molecule has 0 fully saturated rings. The Balaban J connectivity index is 0.000000124. The summed E-state index contributed by atoms with van der Waals surface area (Å²) in [6.07, 6.45) is 10.6. The molecule has 0 spiro atoms. The third-order valence-corrected chi connectivity index (χ3v) is 8.87. The molecule has 0 aromatic carbocycles. The fourth-order valence-electron chi connectivity index (χ4n) is 7.01. The fraction of sp³-hybridized carbons (Fsp3) is 0.700. The van der Waals surface area contributed by atoms with Crippen molar-refractivity contribution in [3.05, 3.63) is 33.4 Å². The van der Waals surface area contributed by atoms with E-state index < -0.39 is 12.3 Å². The molecule has 6 aliphatic rings. The fourth-order valence-corrected chi connectivity index (χ4v) is 7.01. The zero-order chi connectivity index (χ0) is 25.3. The number of aliphatic hydroxyl groups is 1. The van der Waals surface area contributed by atoms with Gasteiger partial charge in [-0.2, -0.15) is 0 Å². The predicted octanol–water partition coefficient (Wildman–Crippen LogP) is 6.32. The van der Waals surface area contributed by atoms with E-state index in [0.29, 0.717) is 48.4 Å². The van der Waals surface area contributed by atoms with Gasteiger partial charge in [0, 0.05) is 30.4 Å². The summed E-state index contributed by atoms with van der Waals surface area (Å²) >= 11 is 0. The van der Waals surface area contributed by atoms with Crippen LogP contribution in [0.4, 0.5) is 4.39 Å². The lowest BCUT2D eigenvalue weighted by Gasteiger charge is -2.20. The maximum atomic E-state index is 13.3. The Morgan fingerprint density at radius 3 is 1.71 bits per heavy atom. The highest BCUT2D eigenvalue weighted by atomic mass is 19.1. The first-order valence-electron chi connectivity index (χ1n) is 13.8. The molecule has 1 N–H and O–H groups in total. The van der Waals surface area contributed by atoms with Crippen LogP contribution in [-0.4, -0.2) is 34.7 Å². The molecular weight excluding hydrogens is 443 g/mol. The van der Waals surface area contributed by atoms with Gasteiger partial charge >= 0.3 is 0 Å². The van der Waals surface area contributed by atoms with Crippen molar-refractivity contribution >= 4 is 17.3 Å². The van der Waals surface area contributed by atoms with Gasteiger partial charge in [0.15, 0.2) is 17.3 Å². The van der Waals surface area contributed by atoms with Crippen molar-refractivity contribution < 1.29 is 23.9 Å². The van der Waals surface area contributed by atoms with Crippen LogP contribution in [0.5, 0.6) is 0 Å². The second-order valence-electron chi connectivity index (χ2n) is 11.4. The SMILES string of the molecule is CC1CC(=O)C2=C1CCCC2.CC1CC(=O)C2=C1CCCC2F.CC1CC(=O)C2=C1CCCC2O. The molecule has 0 bridgehead atoms. The van der Waals surface area contributed by atoms with Crippen molar-refractivity contribution in [3.8, 4) is 0 Å². The zero-order valence-corrected chi connectivity index (χ0v) is 21.6. The third-order valence-electron chi connectivity index (χ3n) is 8.87. The number of carbonyl (C=O) groups is 3. The summed E-state index contributed by atoms with van der Waals surface area (Å²) in [6.45, 7) is 6.29. The quantitative estimate of drug-likeness (QED) is 0.437. The molecule has 5 heteroatoms. The third kappa shape index (κ3) is 5.45. The smallest absolute Gasteiger partial charge is 0.162 e. The van der Waals surface area contributed by atoms with Gasteiger partial charge in [0.25, 0.3) is 0 Å². The number of ketones is 3. The Hall–Kier alpha value is -1.88. The summed E-state index contributed by atoms with van der Waals surface area (Å²) < 4.78 is 13.3. The first kappa shape index (κ1) is 26.2. The van der Waals surface area contributed by atoms with Crippen LogP contribution >= 0.6 is 0 Å². The molecule has 0 radical (unpaired) electrons. The molecular formula is C30H41FO4. The second kappa shape index (κ2) is 11.0. The number of aliphatic hydroxyl groups excluding tert-OH is 1. The minimum Gasteiger partial charge on any atom is -0.388 e. The molecule has 6 rings (SSSR count). The Labute approximate surface area is 209 Å². The highest BCUT2D eigenvalue weighted by Crippen LogP contribution is 2.41. The van der Waals surface area contributed by atoms with Gasteiger partial charge in [-0.25, -0.2) is 4.39 Å². The van der Waals surface area contributed by atoms with Crippen LogP contribution in [0.2, 0.25) is 0 Å². The summed E-state index contributed by atoms with van der Waals surface area (Å²) in [5.74, 6) is 1.95. The van der Waals surface area contributed by atoms with Crippen LogP contribution in [-0.2, 0) is 14.4 Å². The summed E-state index contributed by atoms with van der Waals surface area (Å²) in [7, 11) is 0. The average Bonchev–Trinajstić information content (AvgIpc) is 3.41. The van der Waals surface area contributed by atoms with Gasteiger partial charge in [-0.15, -0.1) is 0 Å². The number of Topliss-reactive ketones (excluding diaryl/α,β-unsaturated/α-hetero) is 3. The maximum Gasteiger partial charge on any atom is 0.162 e. The molecule has 35 heavy (non-hydrogen) atoms. The molecule has 5 atom stereocenters. The van der Waals surface area contributed by atoms with E-state index in [0.717, 1.165) is 56.1 Å². The lowest BCUT2D eigenvalue weighted by molar-refractivity contribution is -0.116. The molecule has 6 aliphatic carbocycles. The zero-order valence-electron chi connectivity index (χ0n) is 21.6. The topological polar surface area (TPSA) is 71.4 Å². The standard InChI is InChI=1S/C10H13FO.C10H14O2.C10H14O/c2*1-6-5-9(12)10-7(6)3-2-4-8(10)11;1-7-6-10(11)9-5-3-2-4-8(7)9/h6,8H,2-5H2,1H3;6,8,11H,2-5H2,1H3;7H,2-6H2,1H3. The number of hydrogen-bond donors (Lipinski definition) is 1. The summed E-state index contributed by atoms with van der Waals surface area (Å²) in [4.78, 5) is 34.1. The minimum atomic E-state index is -0.953. The van der Waals surface area contributed by atoms with Crippen molar-refractivity contribution in [3.63, 3.8) is 0 Å². The Morgan fingerprint density at radius 1 is 0.629 bits per heavy atom. The van der Waals surface area contributed by atoms with Crippen LogP contribution in [0.3, 0.4) is 0 Å². The summed E-state index contributed by atoms with van der Waals surface area (Å²) in [6, 6.07) is 0. The number of alkyl halides is 1. The van der Waals surface area contributed by atoms with Crippen LogP contribution in [0.25, 0.3) is 0 Å². The number of allylic oxidation sites excluding steroid dienone is 5. The molecule has 0 aromatic heterocycles. The van der Waals surface area contributed by atoms with Gasteiger partial charge < -0.3 is 5.11 Å². The molecule has 192 valence electrons. The Morgan fingerprint density at radius 2 is 1.11 bits per heavy atom. The molecule has 0 amide bonds. The van der Waals surface area contributed by atoms with Gasteiger partial charge in [0.05, 0.1) is 6.10 Å². The lowest BCUT2D eigenvalue weighted by atomic mass is 9.88. The number of carbonyl (C=O) groups excluding carboxylic acids is 3. The second-order valence-corrected chi connectivity index (χ2v) is 11.4. The molecule has 5 unspecified atom stereocenters. The van der Waals surface area contributed by atoms with E-state index in [1.807, 2.05) is 6.92 Å². The predicted molar refractivity (Wildman–Crippen MR) is 135 cm³/mol. The van der Waals surface area contributed by atoms with Crippen molar-refractivity contribution in [1.29, 1.82) is 0 Å². The van der Waals surface area contributed by atoms with Gasteiger partial charge in [0.1, 0.15) is 6.17 Å². The van der Waals surface area contributed by atoms with E-state index in [4.69, 9.17) is 0 Å². The van der Waals surface area contributed by atoms with E-state index in [-0.39, 0.29) is 11.6 Å². The molecule has 0 saturated heterocycles. The normalized spacial score (nSPS) is 34.2. The maximum absolute atomic E-state index is 13.3.